The minimum Gasteiger partial charge on any atom is -0.496 e. The topological polar surface area (TPSA) is 95.7 Å². The smallest absolute Gasteiger partial charge is 0.310 e. The molecule has 7 nitrogen and oxygen atoms in total. The maximum absolute atomic E-state index is 11.4. The highest BCUT2D eigenvalue weighted by atomic mass is 16.6. The van der Waals surface area contributed by atoms with Crippen molar-refractivity contribution in [2.24, 2.45) is 0 Å². The van der Waals surface area contributed by atoms with E-state index in [0.29, 0.717) is 11.8 Å². The number of benzene rings is 1. The molecular formula is C12H13NO6. The van der Waals surface area contributed by atoms with E-state index in [1.54, 1.807) is 6.92 Å². The summed E-state index contributed by atoms with van der Waals surface area (Å²) < 4.78 is 9.78. The minimum absolute atomic E-state index is 0.102. The molecule has 0 spiro atoms. The van der Waals surface area contributed by atoms with E-state index in [2.05, 4.69) is 0 Å². The molecule has 7 heteroatoms. The van der Waals surface area contributed by atoms with Crippen LogP contribution in [0.25, 0.3) is 0 Å². The normalized spacial score (nSPS) is 9.79. The number of hydrogen-bond acceptors (Lipinski definition) is 6. The fourth-order valence-electron chi connectivity index (χ4n) is 1.58. The number of esters is 1. The van der Waals surface area contributed by atoms with Gasteiger partial charge in [0.2, 0.25) is 0 Å². The van der Waals surface area contributed by atoms with Gasteiger partial charge in [0.25, 0.3) is 5.69 Å². The first-order valence-corrected chi connectivity index (χ1v) is 5.49. The highest BCUT2D eigenvalue weighted by Crippen LogP contribution is 2.28. The molecule has 0 amide bonds. The molecule has 1 aromatic rings. The van der Waals surface area contributed by atoms with Gasteiger partial charge in [-0.2, -0.15) is 0 Å². The Labute approximate surface area is 109 Å². The maximum atomic E-state index is 11.4. The van der Waals surface area contributed by atoms with Crippen LogP contribution in [0.4, 0.5) is 5.69 Å². The molecule has 0 radical (unpaired) electrons. The Hall–Kier alpha value is -2.44. The van der Waals surface area contributed by atoms with Gasteiger partial charge >= 0.3 is 5.97 Å². The first-order valence-electron chi connectivity index (χ1n) is 5.49. The number of aldehydes is 1. The van der Waals surface area contributed by atoms with Crippen LogP contribution >= 0.6 is 0 Å². The summed E-state index contributed by atoms with van der Waals surface area (Å²) in [5.41, 5.74) is -0.164. The lowest BCUT2D eigenvalue weighted by Crippen LogP contribution is -2.09. The Balaban J connectivity index is 3.21. The molecule has 0 aromatic heterocycles. The lowest BCUT2D eigenvalue weighted by Gasteiger charge is -2.09. The SMILES string of the molecule is CCOC(=O)Cc1cc([N+](=O)[O-])c(C=O)cc1OC. The van der Waals surface area contributed by atoms with E-state index in [1.165, 1.54) is 13.2 Å². The van der Waals surface area contributed by atoms with Crippen molar-refractivity contribution in [3.63, 3.8) is 0 Å². The van der Waals surface area contributed by atoms with Crippen LogP contribution in [0.1, 0.15) is 22.8 Å². The first-order chi connectivity index (χ1) is 9.03. The summed E-state index contributed by atoms with van der Waals surface area (Å²) >= 11 is 0. The van der Waals surface area contributed by atoms with E-state index in [1.807, 2.05) is 0 Å². The fourth-order valence-corrected chi connectivity index (χ4v) is 1.58. The van der Waals surface area contributed by atoms with Gasteiger partial charge in [0.15, 0.2) is 6.29 Å². The summed E-state index contributed by atoms with van der Waals surface area (Å²) in [6.07, 6.45) is 0.214. The van der Waals surface area contributed by atoms with Gasteiger partial charge in [-0.3, -0.25) is 19.7 Å². The summed E-state index contributed by atoms with van der Waals surface area (Å²) in [4.78, 5) is 32.3. The van der Waals surface area contributed by atoms with Crippen molar-refractivity contribution in [1.82, 2.24) is 0 Å². The number of nitro benzene ring substituents is 1. The number of hydrogen-bond donors (Lipinski definition) is 0. The van der Waals surface area contributed by atoms with Gasteiger partial charge in [-0.25, -0.2) is 0 Å². The third kappa shape index (κ3) is 3.51. The van der Waals surface area contributed by atoms with Crippen molar-refractivity contribution in [2.75, 3.05) is 13.7 Å². The third-order valence-electron chi connectivity index (χ3n) is 2.39. The van der Waals surface area contributed by atoms with Crippen LogP contribution in [0.15, 0.2) is 12.1 Å². The van der Waals surface area contributed by atoms with Gasteiger partial charge in [-0.05, 0) is 13.0 Å². The number of nitrogens with zero attached hydrogens (tertiary/aromatic N) is 1. The third-order valence-corrected chi connectivity index (χ3v) is 2.39. The molecular weight excluding hydrogens is 254 g/mol. The summed E-state index contributed by atoms with van der Waals surface area (Å²) in [7, 11) is 1.35. The molecule has 0 N–H and O–H groups in total. The minimum atomic E-state index is -0.683. The van der Waals surface area contributed by atoms with Crippen molar-refractivity contribution in [3.8, 4) is 5.75 Å². The molecule has 0 aliphatic rings. The van der Waals surface area contributed by atoms with Gasteiger partial charge in [-0.15, -0.1) is 0 Å². The molecule has 19 heavy (non-hydrogen) atoms. The molecule has 0 aliphatic carbocycles. The van der Waals surface area contributed by atoms with Crippen molar-refractivity contribution >= 4 is 17.9 Å². The molecule has 0 atom stereocenters. The number of ether oxygens (including phenoxy) is 2. The first kappa shape index (κ1) is 14.6. The van der Waals surface area contributed by atoms with Crippen molar-refractivity contribution < 1.29 is 24.0 Å². The highest BCUT2D eigenvalue weighted by molar-refractivity contribution is 5.84. The molecule has 0 bridgehead atoms. The van der Waals surface area contributed by atoms with E-state index >= 15 is 0 Å². The van der Waals surface area contributed by atoms with Crippen LogP contribution in [0, 0.1) is 10.1 Å². The average Bonchev–Trinajstić information content (AvgIpc) is 2.38. The summed E-state index contributed by atoms with van der Waals surface area (Å²) in [5, 5.41) is 10.8. The van der Waals surface area contributed by atoms with Gasteiger partial charge in [0.05, 0.1) is 30.6 Å². The van der Waals surface area contributed by atoms with Gasteiger partial charge in [0.1, 0.15) is 5.75 Å². The lowest BCUT2D eigenvalue weighted by atomic mass is 10.1. The second-order valence-corrected chi connectivity index (χ2v) is 3.58. The quantitative estimate of drug-likeness (QED) is 0.335. The second-order valence-electron chi connectivity index (χ2n) is 3.58. The molecule has 1 rings (SSSR count). The zero-order valence-electron chi connectivity index (χ0n) is 10.5. The fraction of sp³-hybridized carbons (Fsp3) is 0.333. The Morgan fingerprint density at radius 1 is 1.47 bits per heavy atom. The van der Waals surface area contributed by atoms with Crippen LogP contribution in [-0.2, 0) is 16.0 Å². The van der Waals surface area contributed by atoms with E-state index in [9.17, 15) is 19.7 Å². The number of carbonyl (C=O) groups is 2. The van der Waals surface area contributed by atoms with E-state index in [0.717, 1.165) is 6.07 Å². The zero-order chi connectivity index (χ0) is 14.4. The molecule has 0 heterocycles. The Morgan fingerprint density at radius 2 is 2.16 bits per heavy atom. The van der Waals surface area contributed by atoms with Crippen molar-refractivity contribution in [1.29, 1.82) is 0 Å². The van der Waals surface area contributed by atoms with Gasteiger partial charge in [-0.1, -0.05) is 0 Å². The van der Waals surface area contributed by atoms with Crippen molar-refractivity contribution in [2.45, 2.75) is 13.3 Å². The Morgan fingerprint density at radius 3 is 2.63 bits per heavy atom. The van der Waals surface area contributed by atoms with Gasteiger partial charge in [0, 0.05) is 11.6 Å². The van der Waals surface area contributed by atoms with Crippen LogP contribution < -0.4 is 4.74 Å². The van der Waals surface area contributed by atoms with E-state index < -0.39 is 10.9 Å². The van der Waals surface area contributed by atoms with E-state index in [-0.39, 0.29) is 30.0 Å². The van der Waals surface area contributed by atoms with Crippen LogP contribution in [-0.4, -0.2) is 30.9 Å². The number of rotatable bonds is 6. The molecule has 1 aromatic carbocycles. The summed E-state index contributed by atoms with van der Waals surface area (Å²) in [6, 6.07) is 2.39. The average molecular weight is 267 g/mol. The summed E-state index contributed by atoms with van der Waals surface area (Å²) in [5.74, 6) is -0.283. The molecule has 0 fully saturated rings. The second kappa shape index (κ2) is 6.48. The molecule has 0 aliphatic heterocycles. The van der Waals surface area contributed by atoms with Gasteiger partial charge < -0.3 is 9.47 Å². The molecule has 0 saturated carbocycles. The number of methoxy groups -OCH3 is 1. The van der Waals surface area contributed by atoms with Crippen LogP contribution in [0.3, 0.4) is 0 Å². The largest absolute Gasteiger partial charge is 0.496 e. The van der Waals surface area contributed by atoms with Crippen molar-refractivity contribution in [3.05, 3.63) is 33.4 Å². The Kier molecular flexibility index (Phi) is 4.99. The monoisotopic (exact) mass is 267 g/mol. The number of nitro groups is 1. The predicted octanol–water partition coefficient (Wildman–Crippen LogP) is 1.52. The Bertz CT molecular complexity index is 511. The molecule has 102 valence electrons. The number of carbonyl (C=O) groups excluding carboxylic acids is 2. The van der Waals surface area contributed by atoms with Crippen LogP contribution in [0.5, 0.6) is 5.75 Å². The maximum Gasteiger partial charge on any atom is 0.310 e. The lowest BCUT2D eigenvalue weighted by molar-refractivity contribution is -0.385. The van der Waals surface area contributed by atoms with Crippen LogP contribution in [0.2, 0.25) is 0 Å². The zero-order valence-corrected chi connectivity index (χ0v) is 10.5. The molecule has 0 unspecified atom stereocenters. The summed E-state index contributed by atoms with van der Waals surface area (Å²) in [6.45, 7) is 1.88. The standard InChI is InChI=1S/C12H13NO6/c1-3-19-12(15)6-8-4-10(13(16)17)9(7-14)5-11(8)18-2/h4-5,7H,3,6H2,1-2H3. The molecule has 0 saturated heterocycles. The highest BCUT2D eigenvalue weighted by Gasteiger charge is 2.20. The van der Waals surface area contributed by atoms with E-state index in [4.69, 9.17) is 9.47 Å². The predicted molar refractivity (Wildman–Crippen MR) is 65.4 cm³/mol.